The lowest BCUT2D eigenvalue weighted by molar-refractivity contribution is -0.136. The highest BCUT2D eigenvalue weighted by Crippen LogP contribution is 2.36. The zero-order chi connectivity index (χ0) is 23.2. The minimum absolute atomic E-state index is 0.0693. The second kappa shape index (κ2) is 8.13. The highest BCUT2D eigenvalue weighted by Gasteiger charge is 2.45. The van der Waals surface area contributed by atoms with Crippen LogP contribution in [-0.4, -0.2) is 67.6 Å². The highest BCUT2D eigenvalue weighted by molar-refractivity contribution is 6.23. The molecule has 0 bridgehead atoms. The number of imide groups is 2. The van der Waals surface area contributed by atoms with E-state index in [0.29, 0.717) is 38.0 Å². The van der Waals surface area contributed by atoms with Crippen LogP contribution in [0.4, 0.5) is 0 Å². The van der Waals surface area contributed by atoms with Crippen molar-refractivity contribution in [1.82, 2.24) is 25.1 Å². The molecule has 0 spiro atoms. The van der Waals surface area contributed by atoms with Crippen molar-refractivity contribution in [1.29, 1.82) is 0 Å². The van der Waals surface area contributed by atoms with Gasteiger partial charge >= 0.3 is 0 Å². The molecular formula is C23H23N5O5. The second-order valence-corrected chi connectivity index (χ2v) is 8.71. The van der Waals surface area contributed by atoms with Crippen molar-refractivity contribution in [3.8, 4) is 0 Å². The molecule has 4 heterocycles. The first-order chi connectivity index (χ1) is 15.9. The van der Waals surface area contributed by atoms with Gasteiger partial charge in [-0.25, -0.2) is 0 Å². The van der Waals surface area contributed by atoms with Gasteiger partial charge in [-0.1, -0.05) is 6.07 Å². The van der Waals surface area contributed by atoms with E-state index in [1.165, 1.54) is 0 Å². The van der Waals surface area contributed by atoms with E-state index in [9.17, 15) is 24.3 Å². The van der Waals surface area contributed by atoms with Crippen molar-refractivity contribution >= 4 is 23.6 Å². The average molecular weight is 449 g/mol. The minimum Gasteiger partial charge on any atom is -0.385 e. The molecule has 0 radical (unpaired) electrons. The number of likely N-dealkylation sites (tertiary alicyclic amines) is 1. The van der Waals surface area contributed by atoms with Crippen molar-refractivity contribution < 1.29 is 24.3 Å². The van der Waals surface area contributed by atoms with Crippen LogP contribution >= 0.6 is 0 Å². The van der Waals surface area contributed by atoms with E-state index in [-0.39, 0.29) is 24.0 Å². The van der Waals surface area contributed by atoms with Gasteiger partial charge < -0.3 is 5.11 Å². The molecule has 1 aromatic carbocycles. The lowest BCUT2D eigenvalue weighted by atomic mass is 9.83. The Morgan fingerprint density at radius 3 is 2.52 bits per heavy atom. The van der Waals surface area contributed by atoms with Crippen LogP contribution in [0.3, 0.4) is 0 Å². The lowest BCUT2D eigenvalue weighted by Crippen LogP contribution is -2.54. The van der Waals surface area contributed by atoms with Gasteiger partial charge in [0.15, 0.2) is 0 Å². The van der Waals surface area contributed by atoms with Crippen LogP contribution in [0.5, 0.6) is 0 Å². The first-order valence-corrected chi connectivity index (χ1v) is 10.9. The Bertz CT molecular complexity index is 1140. The zero-order valence-corrected chi connectivity index (χ0v) is 17.9. The molecule has 2 fully saturated rings. The van der Waals surface area contributed by atoms with E-state index in [1.54, 1.807) is 36.8 Å². The highest BCUT2D eigenvalue weighted by atomic mass is 16.3. The van der Waals surface area contributed by atoms with Gasteiger partial charge in [0, 0.05) is 44.6 Å². The van der Waals surface area contributed by atoms with Crippen molar-refractivity contribution in [3.05, 3.63) is 59.2 Å². The van der Waals surface area contributed by atoms with Gasteiger partial charge in [-0.2, -0.15) is 0 Å². The van der Waals surface area contributed by atoms with E-state index in [4.69, 9.17) is 0 Å². The SMILES string of the molecule is O=C1CCC(N2C(=O)c3ccc(C4(O)CCN(Cc5cnccn5)CC4)cc3C2=O)C(=O)N1. The average Bonchev–Trinajstić information content (AvgIpc) is 3.06. The number of carbonyl (C=O) groups excluding carboxylic acids is 4. The summed E-state index contributed by atoms with van der Waals surface area (Å²) < 4.78 is 0. The number of nitrogens with zero attached hydrogens (tertiary/aromatic N) is 4. The number of carbonyl (C=O) groups is 4. The summed E-state index contributed by atoms with van der Waals surface area (Å²) in [5.41, 5.74) is 0.693. The van der Waals surface area contributed by atoms with Crippen LogP contribution in [0.1, 0.15) is 57.7 Å². The Hall–Kier alpha value is -3.50. The number of piperidine rings is 2. The smallest absolute Gasteiger partial charge is 0.262 e. The molecule has 3 aliphatic heterocycles. The molecule has 0 saturated carbocycles. The maximum atomic E-state index is 13.1. The Kier molecular flexibility index (Phi) is 5.26. The van der Waals surface area contributed by atoms with Gasteiger partial charge in [0.2, 0.25) is 11.8 Å². The van der Waals surface area contributed by atoms with E-state index in [0.717, 1.165) is 10.6 Å². The van der Waals surface area contributed by atoms with Gasteiger partial charge in [-0.15, -0.1) is 0 Å². The number of fused-ring (bicyclic) bond motifs is 1. The van der Waals surface area contributed by atoms with Gasteiger partial charge in [0.25, 0.3) is 11.8 Å². The third-order valence-electron chi connectivity index (χ3n) is 6.66. The molecule has 2 saturated heterocycles. The van der Waals surface area contributed by atoms with Crippen molar-refractivity contribution in [2.24, 2.45) is 0 Å². The van der Waals surface area contributed by atoms with Crippen LogP contribution in [-0.2, 0) is 21.7 Å². The number of nitrogens with one attached hydrogen (secondary N) is 1. The number of benzene rings is 1. The third-order valence-corrected chi connectivity index (χ3v) is 6.66. The first-order valence-electron chi connectivity index (χ1n) is 10.9. The molecule has 10 nitrogen and oxygen atoms in total. The fourth-order valence-electron chi connectivity index (χ4n) is 4.77. The molecule has 2 aromatic rings. The molecule has 0 aliphatic carbocycles. The second-order valence-electron chi connectivity index (χ2n) is 8.71. The largest absolute Gasteiger partial charge is 0.385 e. The molecule has 4 amide bonds. The summed E-state index contributed by atoms with van der Waals surface area (Å²) in [6, 6.07) is 3.78. The maximum absolute atomic E-state index is 13.1. The fourth-order valence-corrected chi connectivity index (χ4v) is 4.77. The van der Waals surface area contributed by atoms with E-state index >= 15 is 0 Å². The maximum Gasteiger partial charge on any atom is 0.262 e. The van der Waals surface area contributed by atoms with Gasteiger partial charge in [-0.3, -0.25) is 44.3 Å². The summed E-state index contributed by atoms with van der Waals surface area (Å²) in [5.74, 6) is -2.19. The number of aliphatic hydroxyl groups is 1. The summed E-state index contributed by atoms with van der Waals surface area (Å²) in [6.45, 7) is 1.92. The summed E-state index contributed by atoms with van der Waals surface area (Å²) in [4.78, 5) is 61.1. The van der Waals surface area contributed by atoms with E-state index in [2.05, 4.69) is 20.2 Å². The molecule has 33 heavy (non-hydrogen) atoms. The Morgan fingerprint density at radius 2 is 1.82 bits per heavy atom. The number of rotatable bonds is 4. The summed E-state index contributed by atoms with van der Waals surface area (Å²) >= 11 is 0. The normalized spacial score (nSPS) is 22.9. The Balaban J connectivity index is 1.32. The predicted molar refractivity (Wildman–Crippen MR) is 114 cm³/mol. The molecule has 170 valence electrons. The number of hydrogen-bond acceptors (Lipinski definition) is 8. The molecule has 5 rings (SSSR count). The Morgan fingerprint density at radius 1 is 1.06 bits per heavy atom. The minimum atomic E-state index is -1.13. The van der Waals surface area contributed by atoms with Gasteiger partial charge in [0.05, 0.1) is 22.4 Å². The summed E-state index contributed by atoms with van der Waals surface area (Å²) in [6.07, 6.45) is 6.10. The van der Waals surface area contributed by atoms with Gasteiger partial charge in [-0.05, 0) is 37.0 Å². The van der Waals surface area contributed by atoms with Crippen LogP contribution in [0.25, 0.3) is 0 Å². The predicted octanol–water partition coefficient (Wildman–Crippen LogP) is 0.361. The van der Waals surface area contributed by atoms with Crippen LogP contribution < -0.4 is 5.32 Å². The van der Waals surface area contributed by atoms with Crippen molar-refractivity contribution in [2.45, 2.75) is 43.9 Å². The lowest BCUT2D eigenvalue weighted by Gasteiger charge is -2.38. The topological polar surface area (TPSA) is 133 Å². The van der Waals surface area contributed by atoms with Crippen LogP contribution in [0, 0.1) is 0 Å². The number of aromatic nitrogens is 2. The molecule has 1 atom stereocenters. The third kappa shape index (κ3) is 3.81. The van der Waals surface area contributed by atoms with Crippen LogP contribution in [0.15, 0.2) is 36.8 Å². The summed E-state index contributed by atoms with van der Waals surface area (Å²) in [5, 5.41) is 13.5. The van der Waals surface area contributed by atoms with E-state index in [1.807, 2.05) is 0 Å². The Labute approximate surface area is 189 Å². The quantitative estimate of drug-likeness (QED) is 0.640. The zero-order valence-electron chi connectivity index (χ0n) is 17.9. The fraction of sp³-hybridized carbons (Fsp3) is 0.391. The van der Waals surface area contributed by atoms with Crippen molar-refractivity contribution in [2.75, 3.05) is 13.1 Å². The first kappa shape index (κ1) is 21.4. The molecular weight excluding hydrogens is 426 g/mol. The standard InChI is InChI=1S/C23H23N5O5/c29-19-4-3-18(20(30)26-19)28-21(31)16-2-1-14(11-17(16)22(28)32)23(33)5-9-27(10-6-23)13-15-12-24-7-8-25-15/h1-2,7-8,11-12,18,33H,3-6,9-10,13H2,(H,26,29,30). The van der Waals surface area contributed by atoms with E-state index < -0.39 is 35.3 Å². The van der Waals surface area contributed by atoms with Gasteiger partial charge in [0.1, 0.15) is 6.04 Å². The molecule has 1 aromatic heterocycles. The molecule has 1 unspecified atom stereocenters. The monoisotopic (exact) mass is 449 g/mol. The van der Waals surface area contributed by atoms with Crippen molar-refractivity contribution in [3.63, 3.8) is 0 Å². The number of amides is 4. The number of hydrogen-bond donors (Lipinski definition) is 2. The summed E-state index contributed by atoms with van der Waals surface area (Å²) in [7, 11) is 0. The molecule has 2 N–H and O–H groups in total. The molecule has 10 heteroatoms. The van der Waals surface area contributed by atoms with Crippen LogP contribution in [0.2, 0.25) is 0 Å². The molecule has 3 aliphatic rings.